The van der Waals surface area contributed by atoms with E-state index in [1.807, 2.05) is 0 Å². The van der Waals surface area contributed by atoms with Crippen LogP contribution in [0.2, 0.25) is 0 Å². The second-order valence-electron chi connectivity index (χ2n) is 6.64. The number of nitrogens with zero attached hydrogens (tertiary/aromatic N) is 4. The summed E-state index contributed by atoms with van der Waals surface area (Å²) < 4.78 is 5.23. The summed E-state index contributed by atoms with van der Waals surface area (Å²) in [5.41, 5.74) is 6.17. The molecule has 4 N–H and O–H groups in total. The van der Waals surface area contributed by atoms with Gasteiger partial charge in [-0.25, -0.2) is 9.78 Å². The molecule has 1 saturated heterocycles. The molecule has 0 aliphatic carbocycles. The molecule has 0 radical (unpaired) electrons. The maximum absolute atomic E-state index is 12.3. The molecule has 32 heavy (non-hydrogen) atoms. The topological polar surface area (TPSA) is 191 Å². The average molecular weight is 492 g/mol. The number of anilines is 1. The number of nitrogen functional groups attached to an aromatic ring is 1. The minimum Gasteiger partial charge on any atom is -0.549 e. The number of carboxylic acids is 1. The largest absolute Gasteiger partial charge is 1.00 e. The monoisotopic (exact) mass is 492 g/mol. The first kappa shape index (κ1) is 25.9. The van der Waals surface area contributed by atoms with E-state index >= 15 is 0 Å². The molecule has 1 fully saturated rings. The number of ether oxygens (including phenoxy) is 1. The van der Waals surface area contributed by atoms with Gasteiger partial charge in [0, 0.05) is 31.2 Å². The van der Waals surface area contributed by atoms with Crippen molar-refractivity contribution in [2.45, 2.75) is 10.2 Å². The van der Waals surface area contributed by atoms with Gasteiger partial charge in [-0.05, 0) is 0 Å². The summed E-state index contributed by atoms with van der Waals surface area (Å²) >= 11 is 1.94. The maximum Gasteiger partial charge on any atom is 1.00 e. The van der Waals surface area contributed by atoms with Crippen LogP contribution in [0.1, 0.15) is 5.69 Å². The Bertz CT molecular complexity index is 999. The van der Waals surface area contributed by atoms with Crippen LogP contribution in [0.4, 0.5) is 9.93 Å². The molecule has 0 aromatic carbocycles. The molecule has 1 unspecified atom stereocenters. The van der Waals surface area contributed by atoms with Crippen molar-refractivity contribution in [3.63, 3.8) is 0 Å². The molecule has 0 bridgehead atoms. The van der Waals surface area contributed by atoms with Gasteiger partial charge in [-0.2, -0.15) is 0 Å². The van der Waals surface area contributed by atoms with Crippen LogP contribution in [0.3, 0.4) is 0 Å². The van der Waals surface area contributed by atoms with Gasteiger partial charge in [-0.1, -0.05) is 16.9 Å². The van der Waals surface area contributed by atoms with Crippen LogP contribution in [0, 0.1) is 5.92 Å². The predicted octanol–water partition coefficient (Wildman–Crippen LogP) is -4.68. The number of carbonyl (C=O) groups excluding carboxylic acids is 4. The standard InChI is InChI=1S/C16H18N6O7S2.Na/c1-21(2)15(27)29-5-7-4-22-11(24)10(13(25)26)12(22)31-16(7,20-9(23)3-18-28)8-6-30-14(17)19-8;/h3-4,6,10,12,28H,5H2,1-2H3,(H2,17,19)(H,20,23)(H,25,26);/q;+1/p-1/b18-3-;/t10-,12+,16?;/m1./s1. The molecule has 0 spiro atoms. The minimum absolute atomic E-state index is 0. The zero-order chi connectivity index (χ0) is 22.9. The molecule has 3 rings (SSSR count). The molecular weight excluding hydrogens is 475 g/mol. The third kappa shape index (κ3) is 4.71. The van der Waals surface area contributed by atoms with Crippen molar-refractivity contribution in [2.75, 3.05) is 26.4 Å². The SMILES string of the molecule is CN(C)C(=O)OCC1=CN2C(=O)[C@@H](C(=O)[O-])[C@@H]2SC1(NC(=O)/C=N\O)c1csc(N)n1.[Na+]. The molecule has 2 aliphatic heterocycles. The molecule has 3 amide bonds. The van der Waals surface area contributed by atoms with E-state index < -0.39 is 40.0 Å². The number of rotatable bonds is 6. The summed E-state index contributed by atoms with van der Waals surface area (Å²) in [6.07, 6.45) is 1.21. The van der Waals surface area contributed by atoms with Crippen molar-refractivity contribution in [2.24, 2.45) is 11.1 Å². The number of amides is 3. The number of thioether (sulfide) groups is 1. The Morgan fingerprint density at radius 2 is 2.19 bits per heavy atom. The molecule has 13 nitrogen and oxygen atoms in total. The summed E-state index contributed by atoms with van der Waals surface area (Å²) in [5, 5.41) is 26.2. The third-order valence-corrected chi connectivity index (χ3v) is 6.79. The van der Waals surface area contributed by atoms with Crippen LogP contribution in [-0.4, -0.2) is 76.2 Å². The number of fused-ring (bicyclic) bond motifs is 1. The molecule has 16 heteroatoms. The second-order valence-corrected chi connectivity index (χ2v) is 8.86. The average Bonchev–Trinajstić information content (AvgIpc) is 3.13. The summed E-state index contributed by atoms with van der Waals surface area (Å²) in [6, 6.07) is 0. The smallest absolute Gasteiger partial charge is 0.549 e. The minimum atomic E-state index is -1.57. The van der Waals surface area contributed by atoms with Crippen molar-refractivity contribution in [3.8, 4) is 0 Å². The number of oxime groups is 1. The van der Waals surface area contributed by atoms with Crippen LogP contribution >= 0.6 is 23.1 Å². The first-order valence-corrected chi connectivity index (χ1v) is 10.3. The second kappa shape index (κ2) is 10.1. The van der Waals surface area contributed by atoms with Crippen molar-refractivity contribution < 1.29 is 63.8 Å². The van der Waals surface area contributed by atoms with Crippen molar-refractivity contribution in [1.82, 2.24) is 20.1 Å². The third-order valence-electron chi connectivity index (χ3n) is 4.45. The van der Waals surface area contributed by atoms with Gasteiger partial charge in [0.15, 0.2) is 10.0 Å². The molecule has 1 aromatic heterocycles. The van der Waals surface area contributed by atoms with Gasteiger partial charge in [0.1, 0.15) is 24.1 Å². The fraction of sp³-hybridized carbons (Fsp3) is 0.375. The number of thiazole rings is 1. The number of hydrogen-bond acceptors (Lipinski definition) is 12. The fourth-order valence-electron chi connectivity index (χ4n) is 2.99. The first-order valence-electron chi connectivity index (χ1n) is 8.58. The quantitative estimate of drug-likeness (QED) is 0.0869. The number of hydrogen-bond donors (Lipinski definition) is 3. The summed E-state index contributed by atoms with van der Waals surface area (Å²) in [4.78, 5) is 53.0. The van der Waals surface area contributed by atoms with E-state index in [0.717, 1.165) is 28.0 Å². The first-order chi connectivity index (χ1) is 14.6. The Morgan fingerprint density at radius 3 is 2.72 bits per heavy atom. The van der Waals surface area contributed by atoms with E-state index in [2.05, 4.69) is 15.5 Å². The zero-order valence-electron chi connectivity index (χ0n) is 17.2. The van der Waals surface area contributed by atoms with Gasteiger partial charge >= 0.3 is 35.7 Å². The molecule has 1 aromatic rings. The summed E-state index contributed by atoms with van der Waals surface area (Å²) in [5.74, 6) is -4.57. The molecule has 2 aliphatic rings. The fourth-order valence-corrected chi connectivity index (χ4v) is 5.33. The van der Waals surface area contributed by atoms with E-state index in [-0.39, 0.29) is 52.6 Å². The Balaban J connectivity index is 0.00000363. The molecule has 3 atom stereocenters. The van der Waals surface area contributed by atoms with Crippen molar-refractivity contribution in [3.05, 3.63) is 22.8 Å². The van der Waals surface area contributed by atoms with E-state index in [1.54, 1.807) is 0 Å². The van der Waals surface area contributed by atoms with E-state index in [9.17, 15) is 24.3 Å². The summed E-state index contributed by atoms with van der Waals surface area (Å²) in [6.45, 7) is -0.371. The summed E-state index contributed by atoms with van der Waals surface area (Å²) in [7, 11) is 2.94. The number of carboxylic acid groups (broad SMARTS) is 1. The number of nitrogens with one attached hydrogen (secondary N) is 1. The van der Waals surface area contributed by atoms with Gasteiger partial charge < -0.3 is 40.7 Å². The van der Waals surface area contributed by atoms with Crippen LogP contribution in [0.25, 0.3) is 0 Å². The molecular formula is C16H17N6NaO7S2. The Morgan fingerprint density at radius 1 is 1.50 bits per heavy atom. The van der Waals surface area contributed by atoms with Crippen LogP contribution < -0.4 is 45.7 Å². The number of carbonyl (C=O) groups is 4. The normalized spacial score (nSPS) is 24.0. The van der Waals surface area contributed by atoms with E-state index in [4.69, 9.17) is 15.7 Å². The maximum atomic E-state index is 12.3. The van der Waals surface area contributed by atoms with Gasteiger partial charge in [-0.15, -0.1) is 11.3 Å². The Labute approximate surface area is 211 Å². The van der Waals surface area contributed by atoms with Gasteiger partial charge in [0.05, 0.1) is 11.7 Å². The number of aliphatic carboxylic acids is 1. The zero-order valence-corrected chi connectivity index (χ0v) is 20.8. The Hall–Kier alpha value is -2.33. The number of aromatic nitrogens is 1. The molecule has 166 valence electrons. The molecule has 3 heterocycles. The van der Waals surface area contributed by atoms with Gasteiger partial charge in [-0.3, -0.25) is 9.59 Å². The van der Waals surface area contributed by atoms with Crippen molar-refractivity contribution in [1.29, 1.82) is 0 Å². The number of nitrogens with two attached hydrogens (primary N) is 1. The van der Waals surface area contributed by atoms with Crippen LogP contribution in [-0.2, 0) is 24.0 Å². The Kier molecular flexibility index (Phi) is 8.17. The van der Waals surface area contributed by atoms with Crippen molar-refractivity contribution >= 4 is 58.3 Å². The molecule has 0 saturated carbocycles. The van der Waals surface area contributed by atoms with Gasteiger partial charge in [0.25, 0.3) is 5.91 Å². The van der Waals surface area contributed by atoms with Gasteiger partial charge in [0.2, 0.25) is 5.91 Å². The van der Waals surface area contributed by atoms with E-state index in [1.165, 1.54) is 30.6 Å². The van der Waals surface area contributed by atoms with Crippen LogP contribution in [0.15, 0.2) is 22.3 Å². The van der Waals surface area contributed by atoms with E-state index in [0.29, 0.717) is 6.21 Å². The predicted molar refractivity (Wildman–Crippen MR) is 106 cm³/mol. The van der Waals surface area contributed by atoms with Crippen LogP contribution in [0.5, 0.6) is 0 Å². The number of β-lactam (4-membered cyclic amide) rings is 1.